The fourth-order valence-electron chi connectivity index (χ4n) is 5.06. The molecule has 0 spiro atoms. The van der Waals surface area contributed by atoms with E-state index in [0.29, 0.717) is 24.1 Å². The van der Waals surface area contributed by atoms with Crippen LogP contribution in [0.2, 0.25) is 0 Å². The minimum absolute atomic E-state index is 0.0289. The summed E-state index contributed by atoms with van der Waals surface area (Å²) in [6.45, 7) is 3.99. The Bertz CT molecular complexity index is 1320. The van der Waals surface area contributed by atoms with Crippen molar-refractivity contribution in [2.24, 2.45) is 5.92 Å². The molecular weight excluding hydrogens is 478 g/mol. The molecule has 8 nitrogen and oxygen atoms in total. The summed E-state index contributed by atoms with van der Waals surface area (Å²) in [5.41, 5.74) is 0.749. The van der Waals surface area contributed by atoms with Crippen LogP contribution in [0, 0.1) is 17.2 Å². The lowest BCUT2D eigenvalue weighted by Crippen LogP contribution is -2.31. The number of hydrogen-bond acceptors (Lipinski definition) is 7. The van der Waals surface area contributed by atoms with Crippen molar-refractivity contribution in [2.75, 3.05) is 11.4 Å². The van der Waals surface area contributed by atoms with Crippen molar-refractivity contribution in [3.8, 4) is 6.07 Å². The van der Waals surface area contributed by atoms with Gasteiger partial charge in [0, 0.05) is 19.2 Å². The van der Waals surface area contributed by atoms with Gasteiger partial charge in [0.2, 0.25) is 0 Å². The Morgan fingerprint density at radius 1 is 1.22 bits per heavy atom. The van der Waals surface area contributed by atoms with Gasteiger partial charge >= 0.3 is 5.97 Å². The van der Waals surface area contributed by atoms with Gasteiger partial charge in [-0.3, -0.25) is 4.31 Å². The molecule has 1 unspecified atom stereocenters. The zero-order valence-electron chi connectivity index (χ0n) is 20.8. The molecule has 1 atom stereocenters. The standard InChI is InChI=1S/C27H31N3O5S/c1-4-13-27(14-5-2)25(31)24(26(32)35-27)23(19-10-11-19)20-7-6-8-21(15-20)30(3)36(33,34)22-12-9-18(16-28)17-29-22/h6-9,12,15,17,19,23,31H,4-5,10-11,13-14H2,1-3H3. The van der Waals surface area contributed by atoms with E-state index in [-0.39, 0.29) is 28.2 Å². The molecule has 2 heterocycles. The van der Waals surface area contributed by atoms with Crippen LogP contribution in [-0.2, 0) is 19.6 Å². The number of aliphatic hydroxyl groups is 1. The van der Waals surface area contributed by atoms with Gasteiger partial charge in [-0.1, -0.05) is 38.8 Å². The zero-order chi connectivity index (χ0) is 26.1. The second-order valence-corrected chi connectivity index (χ2v) is 11.4. The van der Waals surface area contributed by atoms with Crippen LogP contribution in [0.4, 0.5) is 5.69 Å². The molecule has 36 heavy (non-hydrogen) atoms. The lowest BCUT2D eigenvalue weighted by molar-refractivity contribution is -0.149. The first-order valence-corrected chi connectivity index (χ1v) is 13.7. The molecular formula is C27H31N3O5S. The highest BCUT2D eigenvalue weighted by Gasteiger charge is 2.51. The van der Waals surface area contributed by atoms with E-state index < -0.39 is 21.6 Å². The van der Waals surface area contributed by atoms with Crippen LogP contribution in [0.15, 0.2) is 59.0 Å². The molecule has 9 heteroatoms. The number of carbonyl (C=O) groups is 1. The van der Waals surface area contributed by atoms with E-state index in [1.54, 1.807) is 18.2 Å². The van der Waals surface area contributed by atoms with Gasteiger partial charge in [0.25, 0.3) is 10.0 Å². The van der Waals surface area contributed by atoms with Crippen molar-refractivity contribution in [2.45, 2.75) is 68.9 Å². The number of aliphatic hydroxyl groups excluding tert-OH is 1. The summed E-state index contributed by atoms with van der Waals surface area (Å²) < 4.78 is 33.4. The summed E-state index contributed by atoms with van der Waals surface area (Å²) in [5, 5.41) is 20.1. The van der Waals surface area contributed by atoms with E-state index in [0.717, 1.165) is 35.6 Å². The molecule has 2 aliphatic rings. The van der Waals surface area contributed by atoms with E-state index in [1.165, 1.54) is 25.4 Å². The predicted octanol–water partition coefficient (Wildman–Crippen LogP) is 4.98. The molecule has 0 amide bonds. The molecule has 1 aliphatic heterocycles. The fourth-order valence-corrected chi connectivity index (χ4v) is 6.16. The van der Waals surface area contributed by atoms with Crippen LogP contribution in [0.1, 0.15) is 69.4 Å². The zero-order valence-corrected chi connectivity index (χ0v) is 21.6. The van der Waals surface area contributed by atoms with E-state index in [9.17, 15) is 18.3 Å². The maximum Gasteiger partial charge on any atom is 0.339 e. The second kappa shape index (κ2) is 9.94. The number of anilines is 1. The SMILES string of the molecule is CCCC1(CCC)OC(=O)C(C(c2cccc(N(C)S(=O)(=O)c3ccc(C#N)cn3)c2)C2CC2)=C1O. The highest BCUT2D eigenvalue weighted by molar-refractivity contribution is 7.92. The summed E-state index contributed by atoms with van der Waals surface area (Å²) in [4.78, 5) is 17.1. The predicted molar refractivity (Wildman–Crippen MR) is 135 cm³/mol. The summed E-state index contributed by atoms with van der Waals surface area (Å²) in [6.07, 6.45) is 5.68. The van der Waals surface area contributed by atoms with Gasteiger partial charge < -0.3 is 9.84 Å². The van der Waals surface area contributed by atoms with Gasteiger partial charge in [0.1, 0.15) is 11.8 Å². The quantitative estimate of drug-likeness (QED) is 0.448. The topological polar surface area (TPSA) is 121 Å². The molecule has 0 bridgehead atoms. The van der Waals surface area contributed by atoms with E-state index >= 15 is 0 Å². The first kappa shape index (κ1) is 25.7. The number of pyridine rings is 1. The number of carbonyl (C=O) groups excluding carboxylic acids is 1. The van der Waals surface area contributed by atoms with E-state index in [1.807, 2.05) is 26.0 Å². The van der Waals surface area contributed by atoms with E-state index in [4.69, 9.17) is 10.00 Å². The highest BCUT2D eigenvalue weighted by Crippen LogP contribution is 2.52. The monoisotopic (exact) mass is 509 g/mol. The van der Waals surface area contributed by atoms with Gasteiger partial charge in [0.05, 0.1) is 16.8 Å². The summed E-state index contributed by atoms with van der Waals surface area (Å²) in [7, 11) is -2.54. The minimum atomic E-state index is -3.98. The molecule has 1 aliphatic carbocycles. The Morgan fingerprint density at radius 3 is 2.47 bits per heavy atom. The largest absolute Gasteiger partial charge is 0.507 e. The van der Waals surface area contributed by atoms with Crippen molar-refractivity contribution in [3.63, 3.8) is 0 Å². The number of hydrogen-bond donors (Lipinski definition) is 1. The third-order valence-corrected chi connectivity index (χ3v) is 8.69. The number of sulfonamides is 1. The van der Waals surface area contributed by atoms with E-state index in [2.05, 4.69) is 4.98 Å². The van der Waals surface area contributed by atoms with Crippen LogP contribution in [0.5, 0.6) is 0 Å². The lowest BCUT2D eigenvalue weighted by Gasteiger charge is -2.27. The molecule has 1 N–H and O–H groups in total. The second-order valence-electron chi connectivity index (χ2n) is 9.53. The third kappa shape index (κ3) is 4.58. The molecule has 190 valence electrons. The van der Waals surface area contributed by atoms with Gasteiger partial charge in [-0.2, -0.15) is 13.7 Å². The van der Waals surface area contributed by atoms with Crippen LogP contribution < -0.4 is 4.31 Å². The minimum Gasteiger partial charge on any atom is -0.507 e. The molecule has 4 rings (SSSR count). The average molecular weight is 510 g/mol. The van der Waals surface area contributed by atoms with Crippen molar-refractivity contribution in [3.05, 3.63) is 65.1 Å². The molecule has 0 saturated heterocycles. The van der Waals surface area contributed by atoms with Crippen LogP contribution in [-0.4, -0.2) is 37.1 Å². The Labute approximate surface area is 212 Å². The number of rotatable bonds is 10. The highest BCUT2D eigenvalue weighted by atomic mass is 32.2. The first-order chi connectivity index (χ1) is 17.2. The lowest BCUT2D eigenvalue weighted by atomic mass is 9.82. The van der Waals surface area contributed by atoms with Gasteiger partial charge in [-0.15, -0.1) is 0 Å². The van der Waals surface area contributed by atoms with Crippen LogP contribution >= 0.6 is 0 Å². The van der Waals surface area contributed by atoms with Gasteiger partial charge in [0.15, 0.2) is 10.6 Å². The molecule has 1 fully saturated rings. The number of esters is 1. The summed E-state index contributed by atoms with van der Waals surface area (Å²) >= 11 is 0. The van der Waals surface area contributed by atoms with Crippen molar-refractivity contribution in [1.29, 1.82) is 5.26 Å². The van der Waals surface area contributed by atoms with Crippen LogP contribution in [0.25, 0.3) is 0 Å². The van der Waals surface area contributed by atoms with Crippen LogP contribution in [0.3, 0.4) is 0 Å². The summed E-state index contributed by atoms with van der Waals surface area (Å²) in [5.74, 6) is -0.663. The Balaban J connectivity index is 1.72. The molecule has 1 aromatic heterocycles. The number of nitrogens with zero attached hydrogens (tertiary/aromatic N) is 3. The number of ether oxygens (including phenoxy) is 1. The Morgan fingerprint density at radius 2 is 1.92 bits per heavy atom. The molecule has 1 aromatic carbocycles. The first-order valence-electron chi connectivity index (χ1n) is 12.3. The average Bonchev–Trinajstić information content (AvgIpc) is 3.68. The maximum atomic E-state index is 13.2. The molecule has 0 radical (unpaired) electrons. The van der Waals surface area contributed by atoms with Gasteiger partial charge in [-0.05, 0) is 61.4 Å². The molecule has 1 saturated carbocycles. The van der Waals surface area contributed by atoms with Crippen molar-refractivity contribution < 1.29 is 23.1 Å². The number of benzene rings is 1. The number of nitriles is 1. The number of cyclic esters (lactones) is 1. The summed E-state index contributed by atoms with van der Waals surface area (Å²) in [6, 6.07) is 11.7. The van der Waals surface area contributed by atoms with Crippen molar-refractivity contribution in [1.82, 2.24) is 4.98 Å². The Kier molecular flexibility index (Phi) is 7.10. The van der Waals surface area contributed by atoms with Gasteiger partial charge in [-0.25, -0.2) is 9.78 Å². The third-order valence-electron chi connectivity index (χ3n) is 6.99. The number of aromatic nitrogens is 1. The maximum absolute atomic E-state index is 13.2. The normalized spacial score (nSPS) is 18.0. The van der Waals surface area contributed by atoms with Crippen molar-refractivity contribution >= 4 is 21.7 Å². The molecule has 2 aromatic rings. The fraction of sp³-hybridized carbons (Fsp3) is 0.444. The Hall–Kier alpha value is -3.38. The smallest absolute Gasteiger partial charge is 0.339 e.